The van der Waals surface area contributed by atoms with Gasteiger partial charge in [-0.1, -0.05) is 100 Å². The zero-order valence-corrected chi connectivity index (χ0v) is 25.4. The van der Waals surface area contributed by atoms with Crippen LogP contribution in [0.1, 0.15) is 120 Å². The van der Waals surface area contributed by atoms with Crippen molar-refractivity contribution in [3.05, 3.63) is 71.3 Å². The van der Waals surface area contributed by atoms with E-state index in [0.29, 0.717) is 6.42 Å². The number of benzene rings is 2. The van der Waals surface area contributed by atoms with Crippen molar-refractivity contribution in [1.29, 1.82) is 0 Å². The van der Waals surface area contributed by atoms with Gasteiger partial charge in [-0.2, -0.15) is 0 Å². The Morgan fingerprint density at radius 1 is 0.500 bits per heavy atom. The lowest BCUT2D eigenvalue weighted by Gasteiger charge is -2.41. The number of rotatable bonds is 10. The Morgan fingerprint density at radius 2 is 0.925 bits per heavy atom. The Morgan fingerprint density at radius 3 is 1.32 bits per heavy atom. The molecule has 0 bridgehead atoms. The molecule has 3 fully saturated rings. The molecular formula is C38H56F2. The van der Waals surface area contributed by atoms with E-state index >= 15 is 0 Å². The summed E-state index contributed by atoms with van der Waals surface area (Å²) >= 11 is 0. The fourth-order valence-electron chi connectivity index (χ4n) is 8.31. The van der Waals surface area contributed by atoms with E-state index < -0.39 is 0 Å². The summed E-state index contributed by atoms with van der Waals surface area (Å²) in [6, 6.07) is 17.8. The van der Waals surface area contributed by atoms with Gasteiger partial charge >= 0.3 is 0 Å². The molecule has 0 atom stereocenters. The molecule has 3 aliphatic rings. The predicted molar refractivity (Wildman–Crippen MR) is 167 cm³/mol. The minimum atomic E-state index is -0.360. The number of hydrogen-bond acceptors (Lipinski definition) is 0. The molecule has 3 saturated carbocycles. The van der Waals surface area contributed by atoms with Crippen molar-refractivity contribution < 1.29 is 8.78 Å². The van der Waals surface area contributed by atoms with E-state index in [-0.39, 0.29) is 13.3 Å². The third kappa shape index (κ3) is 9.99. The first kappa shape index (κ1) is 31.2. The lowest BCUT2D eigenvalue weighted by Crippen LogP contribution is -2.29. The van der Waals surface area contributed by atoms with Crippen molar-refractivity contribution in [2.24, 2.45) is 35.5 Å². The second-order valence-corrected chi connectivity index (χ2v) is 13.4. The highest BCUT2D eigenvalue weighted by molar-refractivity contribution is 5.22. The highest BCUT2D eigenvalue weighted by Gasteiger charge is 2.34. The van der Waals surface area contributed by atoms with Gasteiger partial charge in [0.1, 0.15) is 6.67 Å². The van der Waals surface area contributed by atoms with Gasteiger partial charge in [0.2, 0.25) is 0 Å². The van der Waals surface area contributed by atoms with Crippen molar-refractivity contribution in [3.63, 3.8) is 0 Å². The Hall–Kier alpha value is -1.70. The molecule has 5 rings (SSSR count). The van der Waals surface area contributed by atoms with Gasteiger partial charge in [-0.25, -0.2) is 4.39 Å². The topological polar surface area (TPSA) is 0 Å². The first-order valence-corrected chi connectivity index (χ1v) is 16.9. The molecule has 2 aromatic rings. The van der Waals surface area contributed by atoms with Gasteiger partial charge in [-0.3, -0.25) is 4.39 Å². The fourth-order valence-corrected chi connectivity index (χ4v) is 8.31. The van der Waals surface area contributed by atoms with Crippen molar-refractivity contribution in [2.75, 3.05) is 6.67 Å². The molecule has 0 amide bonds. The number of hydrogen-bond donors (Lipinski definition) is 0. The van der Waals surface area contributed by atoms with Crippen LogP contribution in [0.5, 0.6) is 0 Å². The van der Waals surface area contributed by atoms with Crippen LogP contribution in [0.4, 0.5) is 8.78 Å². The highest BCUT2D eigenvalue weighted by atomic mass is 19.1. The summed E-state index contributed by atoms with van der Waals surface area (Å²) in [5.41, 5.74) is 3.32. The lowest BCUT2D eigenvalue weighted by molar-refractivity contribution is 0.102. The predicted octanol–water partition coefficient (Wildman–Crippen LogP) is 11.5. The monoisotopic (exact) mass is 550 g/mol. The van der Waals surface area contributed by atoms with Crippen LogP contribution in [0.3, 0.4) is 0 Å². The van der Waals surface area contributed by atoms with E-state index in [9.17, 15) is 8.78 Å². The minimum Gasteiger partial charge on any atom is -0.251 e. The van der Waals surface area contributed by atoms with Gasteiger partial charge in [0.05, 0.1) is 6.67 Å². The van der Waals surface area contributed by atoms with E-state index in [4.69, 9.17) is 0 Å². The molecule has 0 N–H and O–H groups in total. The maximum Gasteiger partial charge on any atom is 0.115 e. The quantitative estimate of drug-likeness (QED) is 0.276. The van der Waals surface area contributed by atoms with Gasteiger partial charge < -0.3 is 0 Å². The average molecular weight is 551 g/mol. The third-order valence-electron chi connectivity index (χ3n) is 10.9. The van der Waals surface area contributed by atoms with Crippen LogP contribution in [0.15, 0.2) is 54.6 Å². The second-order valence-electron chi connectivity index (χ2n) is 13.4. The van der Waals surface area contributed by atoms with Crippen LogP contribution >= 0.6 is 0 Å². The summed E-state index contributed by atoms with van der Waals surface area (Å²) in [5.74, 6) is 6.22. The SMILES string of the molecule is CCCC1CCC(C2CCC(C3CCC(CCc4ccc(CCF)cc4)CC3)CC2)CC1.FCc1ccccc1. The first-order valence-electron chi connectivity index (χ1n) is 16.9. The molecule has 0 heterocycles. The van der Waals surface area contributed by atoms with Crippen LogP contribution < -0.4 is 0 Å². The first-order chi connectivity index (χ1) is 19.7. The normalized spacial score (nSPS) is 28.9. The molecule has 3 aliphatic carbocycles. The summed E-state index contributed by atoms with van der Waals surface area (Å²) in [6.07, 6.45) is 24.2. The van der Waals surface area contributed by atoms with Crippen LogP contribution in [0.2, 0.25) is 0 Å². The average Bonchev–Trinajstić information content (AvgIpc) is 3.02. The smallest absolute Gasteiger partial charge is 0.115 e. The molecule has 0 radical (unpaired) electrons. The van der Waals surface area contributed by atoms with Gasteiger partial charge in [0.25, 0.3) is 0 Å². The molecule has 0 aromatic heterocycles. The number of aryl methyl sites for hydroxylation is 2. The molecule has 0 aliphatic heterocycles. The summed E-state index contributed by atoms with van der Waals surface area (Å²) in [7, 11) is 0. The van der Waals surface area contributed by atoms with Crippen LogP contribution in [-0.4, -0.2) is 6.67 Å². The van der Waals surface area contributed by atoms with Crippen LogP contribution in [0, 0.1) is 35.5 Å². The number of halogens is 2. The van der Waals surface area contributed by atoms with Crippen molar-refractivity contribution >= 4 is 0 Å². The van der Waals surface area contributed by atoms with E-state index in [1.165, 1.54) is 69.8 Å². The molecule has 0 saturated heterocycles. The van der Waals surface area contributed by atoms with Crippen molar-refractivity contribution in [2.45, 2.75) is 123 Å². The van der Waals surface area contributed by atoms with Crippen molar-refractivity contribution in [3.8, 4) is 0 Å². The molecule has 40 heavy (non-hydrogen) atoms. The van der Waals surface area contributed by atoms with Gasteiger partial charge in [0, 0.05) is 6.42 Å². The Balaban J connectivity index is 0.000000398. The van der Waals surface area contributed by atoms with E-state index in [1.54, 1.807) is 50.7 Å². The fraction of sp³-hybridized carbons (Fsp3) is 0.684. The summed E-state index contributed by atoms with van der Waals surface area (Å²) < 4.78 is 24.2. The molecule has 0 spiro atoms. The molecule has 0 nitrogen and oxygen atoms in total. The van der Waals surface area contributed by atoms with Gasteiger partial charge in [-0.15, -0.1) is 0 Å². The van der Waals surface area contributed by atoms with E-state index in [1.807, 2.05) is 18.2 Å². The molecule has 2 aromatic carbocycles. The zero-order valence-electron chi connectivity index (χ0n) is 25.4. The van der Waals surface area contributed by atoms with E-state index in [0.717, 1.165) is 46.6 Å². The van der Waals surface area contributed by atoms with Gasteiger partial charge in [0.15, 0.2) is 0 Å². The zero-order chi connectivity index (χ0) is 28.0. The third-order valence-corrected chi connectivity index (χ3v) is 10.9. The highest BCUT2D eigenvalue weighted by Crippen LogP contribution is 2.46. The molecular weight excluding hydrogens is 494 g/mol. The molecule has 222 valence electrons. The second kappa shape index (κ2) is 17.3. The molecule has 0 unspecified atom stereocenters. The molecule has 2 heteroatoms. The Labute approximate surface area is 244 Å². The Bertz CT molecular complexity index is 898. The van der Waals surface area contributed by atoms with Crippen LogP contribution in [0.25, 0.3) is 0 Å². The maximum atomic E-state index is 12.5. The largest absolute Gasteiger partial charge is 0.251 e. The summed E-state index contributed by atoms with van der Waals surface area (Å²) in [4.78, 5) is 0. The Kier molecular flexibility index (Phi) is 13.5. The van der Waals surface area contributed by atoms with E-state index in [2.05, 4.69) is 31.2 Å². The maximum absolute atomic E-state index is 12.5. The summed E-state index contributed by atoms with van der Waals surface area (Å²) in [6.45, 7) is 1.75. The van der Waals surface area contributed by atoms with Gasteiger partial charge in [-0.05, 0) is 116 Å². The van der Waals surface area contributed by atoms with Crippen LogP contribution in [-0.2, 0) is 19.5 Å². The number of alkyl halides is 2. The standard InChI is InChI=1S/C31H49F.C7H7F/c1-2-3-24-10-14-28(15-11-24)30-18-20-31(21-19-30)29-16-12-26(13-17-29)5-4-25-6-8-27(9-7-25)22-23-32;8-6-7-4-2-1-3-5-7/h6-9,24,26,28-31H,2-5,10-23H2,1H3;1-5H,6H2. The van der Waals surface area contributed by atoms with Crippen molar-refractivity contribution in [1.82, 2.24) is 0 Å². The summed E-state index contributed by atoms with van der Waals surface area (Å²) in [5, 5.41) is 0. The lowest BCUT2D eigenvalue weighted by atomic mass is 9.64. The minimum absolute atomic E-state index is 0.246.